The van der Waals surface area contributed by atoms with E-state index in [-0.39, 0.29) is 5.78 Å². The molecule has 0 aliphatic heterocycles. The Morgan fingerprint density at radius 1 is 1.29 bits per heavy atom. The van der Waals surface area contributed by atoms with Crippen molar-refractivity contribution in [2.75, 3.05) is 19.6 Å². The fraction of sp³-hybridized carbons (Fsp3) is 0.588. The lowest BCUT2D eigenvalue weighted by atomic mass is 10.0. The summed E-state index contributed by atoms with van der Waals surface area (Å²) in [7, 11) is 0. The molecule has 0 N–H and O–H groups in total. The highest BCUT2D eigenvalue weighted by Gasteiger charge is 2.14. The number of nitrogens with zero attached hydrogens (tertiary/aromatic N) is 1. The van der Waals surface area contributed by atoms with Gasteiger partial charge in [-0.3, -0.25) is 4.79 Å². The third-order valence-electron chi connectivity index (χ3n) is 4.00. The third kappa shape index (κ3) is 6.09. The van der Waals surface area contributed by atoms with Crippen LogP contribution >= 0.6 is 27.5 Å². The Kier molecular flexibility index (Phi) is 8.53. The number of ketones is 1. The largest absolute Gasteiger partial charge is 0.303 e. The molecule has 1 aromatic rings. The van der Waals surface area contributed by atoms with Crippen molar-refractivity contribution in [3.63, 3.8) is 0 Å². The van der Waals surface area contributed by atoms with E-state index >= 15 is 0 Å². The van der Waals surface area contributed by atoms with E-state index in [4.69, 9.17) is 11.6 Å². The Morgan fingerprint density at radius 3 is 2.48 bits per heavy atom. The molecule has 0 aliphatic rings. The Labute approximate surface area is 142 Å². The molecule has 21 heavy (non-hydrogen) atoms. The van der Waals surface area contributed by atoms with Gasteiger partial charge in [0, 0.05) is 29.5 Å². The monoisotopic (exact) mass is 373 g/mol. The van der Waals surface area contributed by atoms with Crippen LogP contribution in [0.5, 0.6) is 0 Å². The van der Waals surface area contributed by atoms with Crippen molar-refractivity contribution in [2.45, 2.75) is 40.0 Å². The molecule has 0 radical (unpaired) electrons. The van der Waals surface area contributed by atoms with Crippen LogP contribution < -0.4 is 0 Å². The summed E-state index contributed by atoms with van der Waals surface area (Å²) in [6.45, 7) is 9.48. The standard InChI is InChI=1S/C17H25BrClNO/c1-4-13(5-2)12-20(6-3)10-9-17(21)15-8-7-14(18)11-16(15)19/h7-8,11,13H,4-6,9-10,12H2,1-3H3. The average Bonchev–Trinajstić information content (AvgIpc) is 2.47. The molecule has 0 unspecified atom stereocenters. The van der Waals surface area contributed by atoms with Gasteiger partial charge < -0.3 is 4.90 Å². The molecule has 0 aromatic heterocycles. The molecule has 0 bridgehead atoms. The Morgan fingerprint density at radius 2 is 1.95 bits per heavy atom. The highest BCUT2D eigenvalue weighted by atomic mass is 79.9. The van der Waals surface area contributed by atoms with Gasteiger partial charge in [0.1, 0.15) is 0 Å². The van der Waals surface area contributed by atoms with Gasteiger partial charge in [-0.25, -0.2) is 0 Å². The number of hydrogen-bond donors (Lipinski definition) is 0. The summed E-state index contributed by atoms with van der Waals surface area (Å²) in [5, 5.41) is 0.525. The van der Waals surface area contributed by atoms with Crippen LogP contribution in [0.15, 0.2) is 22.7 Å². The van der Waals surface area contributed by atoms with E-state index in [0.717, 1.165) is 30.0 Å². The quantitative estimate of drug-likeness (QED) is 0.537. The number of carbonyl (C=O) groups excluding carboxylic acids is 1. The number of benzene rings is 1. The number of hydrogen-bond acceptors (Lipinski definition) is 2. The number of Topliss-reactive ketones (excluding diaryl/α,β-unsaturated/α-hetero) is 1. The van der Waals surface area contributed by atoms with Crippen LogP contribution in [0.1, 0.15) is 50.4 Å². The molecule has 4 heteroatoms. The molecule has 1 rings (SSSR count). The fourth-order valence-corrected chi connectivity index (χ4v) is 3.18. The second-order valence-corrected chi connectivity index (χ2v) is 6.70. The molecule has 0 amide bonds. The Bertz CT molecular complexity index is 460. The minimum atomic E-state index is 0.121. The van der Waals surface area contributed by atoms with E-state index in [9.17, 15) is 4.79 Å². The Balaban J connectivity index is 2.57. The van der Waals surface area contributed by atoms with Gasteiger partial charge in [0.15, 0.2) is 5.78 Å². The summed E-state index contributed by atoms with van der Waals surface area (Å²) >= 11 is 9.50. The van der Waals surface area contributed by atoms with Crippen LogP contribution in [0.2, 0.25) is 5.02 Å². The van der Waals surface area contributed by atoms with Crippen LogP contribution in [-0.2, 0) is 0 Å². The zero-order chi connectivity index (χ0) is 15.8. The van der Waals surface area contributed by atoms with E-state index in [2.05, 4.69) is 41.6 Å². The van der Waals surface area contributed by atoms with Crippen LogP contribution in [0.3, 0.4) is 0 Å². The van der Waals surface area contributed by atoms with Crippen LogP contribution in [0.4, 0.5) is 0 Å². The molecule has 0 saturated carbocycles. The predicted molar refractivity (Wildman–Crippen MR) is 94.3 cm³/mol. The van der Waals surface area contributed by atoms with Crippen molar-refractivity contribution in [1.82, 2.24) is 4.90 Å². The summed E-state index contributed by atoms with van der Waals surface area (Å²) in [6.07, 6.45) is 2.91. The van der Waals surface area contributed by atoms with Crippen molar-refractivity contribution in [2.24, 2.45) is 5.92 Å². The van der Waals surface area contributed by atoms with Gasteiger partial charge >= 0.3 is 0 Å². The molecule has 0 saturated heterocycles. The first kappa shape index (κ1) is 18.7. The van der Waals surface area contributed by atoms with Gasteiger partial charge in [-0.05, 0) is 30.7 Å². The second-order valence-electron chi connectivity index (χ2n) is 5.37. The van der Waals surface area contributed by atoms with E-state index in [1.54, 1.807) is 12.1 Å². The second kappa shape index (κ2) is 9.60. The van der Waals surface area contributed by atoms with Crippen molar-refractivity contribution < 1.29 is 4.79 Å². The summed E-state index contributed by atoms with van der Waals surface area (Å²) in [5.41, 5.74) is 0.624. The molecule has 1 aromatic carbocycles. The van der Waals surface area contributed by atoms with Gasteiger partial charge in [0.2, 0.25) is 0 Å². The minimum Gasteiger partial charge on any atom is -0.303 e. The fourth-order valence-electron chi connectivity index (χ4n) is 2.40. The Hall–Kier alpha value is -0.380. The molecule has 0 heterocycles. The van der Waals surface area contributed by atoms with E-state index < -0.39 is 0 Å². The first-order chi connectivity index (χ1) is 10.0. The lowest BCUT2D eigenvalue weighted by molar-refractivity contribution is 0.0960. The molecule has 0 atom stereocenters. The zero-order valence-corrected chi connectivity index (χ0v) is 15.5. The van der Waals surface area contributed by atoms with Gasteiger partial charge in [-0.2, -0.15) is 0 Å². The normalized spacial score (nSPS) is 11.4. The molecule has 118 valence electrons. The van der Waals surface area contributed by atoms with E-state index in [0.29, 0.717) is 17.0 Å². The first-order valence-electron chi connectivity index (χ1n) is 7.72. The predicted octanol–water partition coefficient (Wildman–Crippen LogP) is 5.43. The topological polar surface area (TPSA) is 20.3 Å². The van der Waals surface area contributed by atoms with Crippen molar-refractivity contribution >= 4 is 33.3 Å². The van der Waals surface area contributed by atoms with Gasteiger partial charge in [-0.1, -0.05) is 61.1 Å². The summed E-state index contributed by atoms with van der Waals surface area (Å²) < 4.78 is 0.896. The summed E-state index contributed by atoms with van der Waals surface area (Å²) in [6, 6.07) is 5.43. The van der Waals surface area contributed by atoms with Gasteiger partial charge in [-0.15, -0.1) is 0 Å². The lowest BCUT2D eigenvalue weighted by Crippen LogP contribution is -2.31. The minimum absolute atomic E-state index is 0.121. The summed E-state index contributed by atoms with van der Waals surface area (Å²) in [5.74, 6) is 0.840. The zero-order valence-electron chi connectivity index (χ0n) is 13.2. The maximum Gasteiger partial charge on any atom is 0.165 e. The van der Waals surface area contributed by atoms with Crippen molar-refractivity contribution in [3.05, 3.63) is 33.3 Å². The molecule has 0 aliphatic carbocycles. The van der Waals surface area contributed by atoms with Crippen LogP contribution in [0, 0.1) is 5.92 Å². The van der Waals surface area contributed by atoms with E-state index in [1.165, 1.54) is 12.8 Å². The number of rotatable bonds is 9. The SMILES string of the molecule is CCC(CC)CN(CC)CCC(=O)c1ccc(Br)cc1Cl. The number of halogens is 2. The molecular formula is C17H25BrClNO. The molecular weight excluding hydrogens is 350 g/mol. The first-order valence-corrected chi connectivity index (χ1v) is 8.89. The summed E-state index contributed by atoms with van der Waals surface area (Å²) in [4.78, 5) is 14.7. The van der Waals surface area contributed by atoms with Crippen molar-refractivity contribution in [3.8, 4) is 0 Å². The highest BCUT2D eigenvalue weighted by molar-refractivity contribution is 9.10. The molecule has 2 nitrogen and oxygen atoms in total. The maximum atomic E-state index is 12.3. The molecule has 0 fully saturated rings. The smallest absolute Gasteiger partial charge is 0.165 e. The average molecular weight is 375 g/mol. The van der Waals surface area contributed by atoms with Gasteiger partial charge in [0.05, 0.1) is 5.02 Å². The van der Waals surface area contributed by atoms with Crippen LogP contribution in [0.25, 0.3) is 0 Å². The number of carbonyl (C=O) groups is 1. The van der Waals surface area contributed by atoms with Crippen molar-refractivity contribution in [1.29, 1.82) is 0 Å². The maximum absolute atomic E-state index is 12.3. The highest BCUT2D eigenvalue weighted by Crippen LogP contribution is 2.22. The molecule has 0 spiro atoms. The van der Waals surface area contributed by atoms with Gasteiger partial charge in [0.25, 0.3) is 0 Å². The third-order valence-corrected chi connectivity index (χ3v) is 4.81. The van der Waals surface area contributed by atoms with E-state index in [1.807, 2.05) is 6.07 Å². The van der Waals surface area contributed by atoms with Crippen LogP contribution in [-0.4, -0.2) is 30.3 Å². The lowest BCUT2D eigenvalue weighted by Gasteiger charge is -2.24.